The van der Waals surface area contributed by atoms with Crippen LogP contribution in [0.3, 0.4) is 0 Å². The lowest BCUT2D eigenvalue weighted by molar-refractivity contribution is 0.174. The van der Waals surface area contributed by atoms with Gasteiger partial charge in [0.15, 0.2) is 0 Å². The first-order valence-electron chi connectivity index (χ1n) is 4.99. The van der Waals surface area contributed by atoms with E-state index in [0.29, 0.717) is 0 Å². The van der Waals surface area contributed by atoms with Crippen molar-refractivity contribution in [2.75, 3.05) is 13.1 Å². The van der Waals surface area contributed by atoms with Crippen molar-refractivity contribution in [3.63, 3.8) is 0 Å². The molecule has 4 heteroatoms. The molecule has 1 heterocycles. The summed E-state index contributed by atoms with van der Waals surface area (Å²) in [5.41, 5.74) is 1.18. The number of aliphatic hydroxyl groups is 1. The summed E-state index contributed by atoms with van der Waals surface area (Å²) in [6, 6.07) is 5.80. The van der Waals surface area contributed by atoms with E-state index in [1.807, 2.05) is 18.2 Å². The molecule has 2 nitrogen and oxygen atoms in total. The van der Waals surface area contributed by atoms with Gasteiger partial charge < -0.3 is 5.11 Å². The topological polar surface area (TPSA) is 23.5 Å². The highest BCUT2D eigenvalue weighted by Gasteiger charge is 2.20. The van der Waals surface area contributed by atoms with E-state index in [1.165, 1.54) is 5.56 Å². The molecule has 1 fully saturated rings. The van der Waals surface area contributed by atoms with Gasteiger partial charge in [0, 0.05) is 29.1 Å². The Bertz CT molecular complexity index is 358. The highest BCUT2D eigenvalue weighted by Crippen LogP contribution is 2.23. The van der Waals surface area contributed by atoms with Crippen LogP contribution in [0.4, 0.5) is 0 Å². The molecule has 1 unspecified atom stereocenters. The minimum absolute atomic E-state index is 0.164. The molecule has 1 saturated heterocycles. The van der Waals surface area contributed by atoms with Crippen molar-refractivity contribution in [2.24, 2.45) is 0 Å². The largest absolute Gasteiger partial charge is 0.392 e. The quantitative estimate of drug-likeness (QED) is 0.905. The summed E-state index contributed by atoms with van der Waals surface area (Å²) in [5.74, 6) is 0. The lowest BCUT2D eigenvalue weighted by Gasteiger charge is -2.16. The van der Waals surface area contributed by atoms with Crippen molar-refractivity contribution in [2.45, 2.75) is 19.1 Å². The Morgan fingerprint density at radius 1 is 1.53 bits per heavy atom. The molecule has 1 aliphatic heterocycles. The van der Waals surface area contributed by atoms with Gasteiger partial charge in [0.05, 0.1) is 6.10 Å². The van der Waals surface area contributed by atoms with Gasteiger partial charge >= 0.3 is 0 Å². The summed E-state index contributed by atoms with van der Waals surface area (Å²) in [6.07, 6.45) is 0.709. The van der Waals surface area contributed by atoms with Crippen LogP contribution in [0, 0.1) is 0 Å². The average Bonchev–Trinajstić information content (AvgIpc) is 2.58. The third-order valence-corrected chi connectivity index (χ3v) is 3.66. The lowest BCUT2D eigenvalue weighted by Crippen LogP contribution is -2.21. The summed E-state index contributed by atoms with van der Waals surface area (Å²) in [5, 5.41) is 10.2. The van der Waals surface area contributed by atoms with Crippen LogP contribution in [0.15, 0.2) is 22.7 Å². The van der Waals surface area contributed by atoms with Crippen LogP contribution in [0.2, 0.25) is 5.02 Å². The Kier molecular flexibility index (Phi) is 3.67. The van der Waals surface area contributed by atoms with E-state index >= 15 is 0 Å². The number of β-amino-alcohol motifs (C(OH)–C–C–N with tert-alkyl or cyclic N) is 1. The van der Waals surface area contributed by atoms with Gasteiger partial charge in [-0.1, -0.05) is 27.5 Å². The van der Waals surface area contributed by atoms with Crippen LogP contribution in [0.1, 0.15) is 12.0 Å². The van der Waals surface area contributed by atoms with Gasteiger partial charge in [-0.3, -0.25) is 4.90 Å². The molecule has 1 aromatic carbocycles. The molecule has 0 spiro atoms. The monoisotopic (exact) mass is 289 g/mol. The maximum Gasteiger partial charge on any atom is 0.0679 e. The molecular weight excluding hydrogens is 277 g/mol. The predicted octanol–water partition coefficient (Wildman–Crippen LogP) is 2.67. The molecule has 1 aromatic rings. The molecule has 82 valence electrons. The summed E-state index contributed by atoms with van der Waals surface area (Å²) in [6.45, 7) is 2.57. The van der Waals surface area contributed by atoms with Crippen LogP contribution in [0.5, 0.6) is 0 Å². The second kappa shape index (κ2) is 4.83. The number of hydrogen-bond donors (Lipinski definition) is 1. The van der Waals surface area contributed by atoms with E-state index in [9.17, 15) is 5.11 Å². The zero-order valence-corrected chi connectivity index (χ0v) is 10.6. The molecule has 0 aliphatic carbocycles. The van der Waals surface area contributed by atoms with Crippen molar-refractivity contribution in [3.8, 4) is 0 Å². The second-order valence-corrected chi connectivity index (χ2v) is 5.20. The number of likely N-dealkylation sites (tertiary alicyclic amines) is 1. The minimum atomic E-state index is -0.164. The van der Waals surface area contributed by atoms with Crippen molar-refractivity contribution in [1.29, 1.82) is 0 Å². The zero-order chi connectivity index (χ0) is 10.8. The third kappa shape index (κ3) is 2.94. The molecule has 1 aliphatic rings. The van der Waals surface area contributed by atoms with Gasteiger partial charge in [0.2, 0.25) is 0 Å². The highest BCUT2D eigenvalue weighted by molar-refractivity contribution is 9.10. The normalized spacial score (nSPS) is 22.2. The number of hydrogen-bond acceptors (Lipinski definition) is 2. The molecule has 2 rings (SSSR count). The number of nitrogens with zero attached hydrogens (tertiary/aromatic N) is 1. The number of aliphatic hydroxyl groups excluding tert-OH is 1. The molecular formula is C11H13BrClNO. The number of benzene rings is 1. The van der Waals surface area contributed by atoms with Gasteiger partial charge in [-0.05, 0) is 30.2 Å². The second-order valence-electron chi connectivity index (χ2n) is 3.91. The Labute approximate surface area is 103 Å². The first kappa shape index (κ1) is 11.4. The van der Waals surface area contributed by atoms with E-state index in [0.717, 1.165) is 35.6 Å². The molecule has 0 bridgehead atoms. The number of halogens is 2. The number of rotatable bonds is 2. The molecule has 1 N–H and O–H groups in total. The average molecular weight is 291 g/mol. The van der Waals surface area contributed by atoms with E-state index in [4.69, 9.17) is 11.6 Å². The first-order valence-corrected chi connectivity index (χ1v) is 6.16. The third-order valence-electron chi connectivity index (χ3n) is 2.65. The van der Waals surface area contributed by atoms with Crippen molar-refractivity contribution in [3.05, 3.63) is 33.3 Å². The Morgan fingerprint density at radius 2 is 2.33 bits per heavy atom. The first-order chi connectivity index (χ1) is 7.15. The molecule has 1 atom stereocenters. The fourth-order valence-electron chi connectivity index (χ4n) is 1.86. The molecule has 0 aromatic heterocycles. The standard InChI is InChI=1S/C11H13BrClNO/c12-11-2-1-9(13)5-8(11)6-14-4-3-10(15)7-14/h1-2,5,10,15H,3-4,6-7H2. The molecule has 0 amide bonds. The smallest absolute Gasteiger partial charge is 0.0679 e. The Balaban J connectivity index is 2.07. The Morgan fingerprint density at radius 3 is 3.00 bits per heavy atom. The van der Waals surface area contributed by atoms with Gasteiger partial charge in [0.25, 0.3) is 0 Å². The van der Waals surface area contributed by atoms with E-state index in [-0.39, 0.29) is 6.10 Å². The van der Waals surface area contributed by atoms with Crippen molar-refractivity contribution >= 4 is 27.5 Å². The van der Waals surface area contributed by atoms with Gasteiger partial charge in [-0.25, -0.2) is 0 Å². The molecule has 0 radical (unpaired) electrons. The fraction of sp³-hybridized carbons (Fsp3) is 0.455. The fourth-order valence-corrected chi connectivity index (χ4v) is 2.43. The van der Waals surface area contributed by atoms with Crippen LogP contribution in [-0.2, 0) is 6.54 Å². The van der Waals surface area contributed by atoms with Crippen LogP contribution < -0.4 is 0 Å². The summed E-state index contributed by atoms with van der Waals surface area (Å²) < 4.78 is 1.08. The van der Waals surface area contributed by atoms with E-state index < -0.39 is 0 Å². The highest BCUT2D eigenvalue weighted by atomic mass is 79.9. The summed E-state index contributed by atoms with van der Waals surface area (Å²) in [7, 11) is 0. The molecule has 15 heavy (non-hydrogen) atoms. The SMILES string of the molecule is OC1CCN(Cc2cc(Cl)ccc2Br)C1. The lowest BCUT2D eigenvalue weighted by atomic mass is 10.2. The van der Waals surface area contributed by atoms with E-state index in [2.05, 4.69) is 20.8 Å². The van der Waals surface area contributed by atoms with Crippen LogP contribution >= 0.6 is 27.5 Å². The van der Waals surface area contributed by atoms with Crippen LogP contribution in [0.25, 0.3) is 0 Å². The van der Waals surface area contributed by atoms with E-state index in [1.54, 1.807) is 0 Å². The maximum atomic E-state index is 9.42. The van der Waals surface area contributed by atoms with Gasteiger partial charge in [0.1, 0.15) is 0 Å². The zero-order valence-electron chi connectivity index (χ0n) is 8.29. The van der Waals surface area contributed by atoms with Crippen LogP contribution in [-0.4, -0.2) is 29.2 Å². The van der Waals surface area contributed by atoms with Crippen molar-refractivity contribution < 1.29 is 5.11 Å². The minimum Gasteiger partial charge on any atom is -0.392 e. The summed E-state index contributed by atoms with van der Waals surface area (Å²) in [4.78, 5) is 2.24. The Hall–Kier alpha value is -0.0900. The van der Waals surface area contributed by atoms with Gasteiger partial charge in [-0.15, -0.1) is 0 Å². The summed E-state index contributed by atoms with van der Waals surface area (Å²) >= 11 is 9.45. The predicted molar refractivity (Wildman–Crippen MR) is 65.1 cm³/mol. The van der Waals surface area contributed by atoms with Crippen molar-refractivity contribution in [1.82, 2.24) is 4.90 Å². The maximum absolute atomic E-state index is 9.42. The van der Waals surface area contributed by atoms with Gasteiger partial charge in [-0.2, -0.15) is 0 Å². The molecule has 0 saturated carbocycles.